The second-order valence-electron chi connectivity index (χ2n) is 5.26. The second-order valence-corrected chi connectivity index (χ2v) is 5.26. The Bertz CT molecular complexity index is 375. The van der Waals surface area contributed by atoms with Gasteiger partial charge in [0.2, 0.25) is 0 Å². The van der Waals surface area contributed by atoms with Crippen LogP contribution >= 0.6 is 0 Å². The lowest BCUT2D eigenvalue weighted by Gasteiger charge is -2.04. The zero-order chi connectivity index (χ0) is 14.1. The molecule has 0 atom stereocenters. The number of aromatic carboxylic acids is 1. The van der Waals surface area contributed by atoms with Crippen LogP contribution in [0.5, 0.6) is 0 Å². The number of nitrogens with zero attached hydrogens (tertiary/aromatic N) is 1. The summed E-state index contributed by atoms with van der Waals surface area (Å²) in [4.78, 5) is 10.6. The van der Waals surface area contributed by atoms with Crippen LogP contribution in [0.2, 0.25) is 0 Å². The molecule has 0 aromatic carbocycles. The van der Waals surface area contributed by atoms with Gasteiger partial charge in [0.05, 0.1) is 6.54 Å². The maximum Gasteiger partial charge on any atom is 0.358 e. The monoisotopic (exact) mass is 268 g/mol. The molecule has 0 aliphatic heterocycles. The third-order valence-electron chi connectivity index (χ3n) is 2.96. The molecule has 0 aliphatic carbocycles. The van der Waals surface area contributed by atoms with Crippen molar-refractivity contribution in [2.45, 2.75) is 52.5 Å². The lowest BCUT2D eigenvalue weighted by molar-refractivity contribution is 0.0685. The molecule has 5 heteroatoms. The Morgan fingerprint density at radius 3 is 2.74 bits per heavy atom. The van der Waals surface area contributed by atoms with E-state index in [-0.39, 0.29) is 5.69 Å². The van der Waals surface area contributed by atoms with Gasteiger partial charge in [0.15, 0.2) is 11.5 Å². The van der Waals surface area contributed by atoms with Crippen LogP contribution in [0, 0.1) is 5.92 Å². The molecular formula is C14H24N2O3. The molecule has 108 valence electrons. The molecule has 1 rings (SSSR count). The van der Waals surface area contributed by atoms with Crippen LogP contribution < -0.4 is 5.32 Å². The van der Waals surface area contributed by atoms with Gasteiger partial charge in [-0.3, -0.25) is 0 Å². The summed E-state index contributed by atoms with van der Waals surface area (Å²) in [5.74, 6) is 0.311. The van der Waals surface area contributed by atoms with Gasteiger partial charge in [-0.15, -0.1) is 0 Å². The first-order valence-corrected chi connectivity index (χ1v) is 6.99. The Morgan fingerprint density at radius 1 is 1.37 bits per heavy atom. The van der Waals surface area contributed by atoms with Crippen molar-refractivity contribution >= 4 is 5.97 Å². The van der Waals surface area contributed by atoms with Crippen LogP contribution in [0.4, 0.5) is 0 Å². The Kier molecular flexibility index (Phi) is 7.18. The summed E-state index contributed by atoms with van der Waals surface area (Å²) in [5.41, 5.74) is -0.0366. The zero-order valence-corrected chi connectivity index (χ0v) is 11.8. The third-order valence-corrected chi connectivity index (χ3v) is 2.96. The minimum absolute atomic E-state index is 0.0366. The average Bonchev–Trinajstić information content (AvgIpc) is 2.81. The topological polar surface area (TPSA) is 75.4 Å². The fourth-order valence-corrected chi connectivity index (χ4v) is 1.86. The van der Waals surface area contributed by atoms with Gasteiger partial charge in [-0.2, -0.15) is 0 Å². The van der Waals surface area contributed by atoms with E-state index in [0.29, 0.717) is 12.3 Å². The Hall–Kier alpha value is -1.36. The van der Waals surface area contributed by atoms with Gasteiger partial charge in [-0.25, -0.2) is 4.79 Å². The minimum atomic E-state index is -1.06. The fourth-order valence-electron chi connectivity index (χ4n) is 1.86. The van der Waals surface area contributed by atoms with Gasteiger partial charge in [-0.1, -0.05) is 44.7 Å². The molecule has 0 saturated carbocycles. The standard InChI is InChI=1S/C14H24N2O3/c1-11(2)7-5-3-4-6-8-15-10-12-9-13(14(17)18)16-19-12/h9,11,15H,3-8,10H2,1-2H3,(H,17,18). The highest BCUT2D eigenvalue weighted by atomic mass is 16.5. The van der Waals surface area contributed by atoms with Gasteiger partial charge >= 0.3 is 5.97 Å². The van der Waals surface area contributed by atoms with Crippen molar-refractivity contribution in [3.8, 4) is 0 Å². The number of unbranched alkanes of at least 4 members (excludes halogenated alkanes) is 3. The van der Waals surface area contributed by atoms with Gasteiger partial charge in [0.25, 0.3) is 0 Å². The molecule has 0 bridgehead atoms. The van der Waals surface area contributed by atoms with Gasteiger partial charge in [0.1, 0.15) is 0 Å². The normalized spacial score (nSPS) is 11.1. The molecule has 0 saturated heterocycles. The molecule has 0 fully saturated rings. The lowest BCUT2D eigenvalue weighted by atomic mass is 10.0. The largest absolute Gasteiger partial charge is 0.476 e. The van der Waals surface area contributed by atoms with Crippen LogP contribution in [0.25, 0.3) is 0 Å². The van der Waals surface area contributed by atoms with Crippen LogP contribution in [0.1, 0.15) is 62.2 Å². The van der Waals surface area contributed by atoms with E-state index in [1.54, 1.807) is 0 Å². The minimum Gasteiger partial charge on any atom is -0.476 e. The van der Waals surface area contributed by atoms with E-state index in [9.17, 15) is 4.79 Å². The van der Waals surface area contributed by atoms with Crippen molar-refractivity contribution in [1.29, 1.82) is 0 Å². The van der Waals surface area contributed by atoms with Crippen molar-refractivity contribution in [2.24, 2.45) is 5.92 Å². The molecule has 1 aromatic rings. The molecule has 19 heavy (non-hydrogen) atoms. The smallest absolute Gasteiger partial charge is 0.358 e. The summed E-state index contributed by atoms with van der Waals surface area (Å²) in [5, 5.41) is 15.4. The second kappa shape index (κ2) is 8.69. The highest BCUT2D eigenvalue weighted by Gasteiger charge is 2.09. The lowest BCUT2D eigenvalue weighted by Crippen LogP contribution is -2.14. The van der Waals surface area contributed by atoms with Crippen LogP contribution in [0.3, 0.4) is 0 Å². The highest BCUT2D eigenvalue weighted by Crippen LogP contribution is 2.09. The molecule has 0 spiro atoms. The molecule has 0 unspecified atom stereocenters. The number of nitrogens with one attached hydrogen (secondary N) is 1. The predicted molar refractivity (Wildman–Crippen MR) is 73.1 cm³/mol. The molecule has 0 aliphatic rings. The van der Waals surface area contributed by atoms with Crippen molar-refractivity contribution < 1.29 is 14.4 Å². The molecule has 0 radical (unpaired) electrons. The van der Waals surface area contributed by atoms with Crippen molar-refractivity contribution in [3.05, 3.63) is 17.5 Å². The summed E-state index contributed by atoms with van der Waals surface area (Å²) >= 11 is 0. The van der Waals surface area contributed by atoms with E-state index in [1.165, 1.54) is 31.7 Å². The highest BCUT2D eigenvalue weighted by molar-refractivity contribution is 5.85. The van der Waals surface area contributed by atoms with Crippen molar-refractivity contribution in [1.82, 2.24) is 10.5 Å². The first kappa shape index (κ1) is 15.7. The van der Waals surface area contributed by atoms with E-state index in [2.05, 4.69) is 24.3 Å². The summed E-state index contributed by atoms with van der Waals surface area (Å²) in [6, 6.07) is 1.46. The van der Waals surface area contributed by atoms with E-state index in [0.717, 1.165) is 18.9 Å². The van der Waals surface area contributed by atoms with E-state index < -0.39 is 5.97 Å². The quantitative estimate of drug-likeness (QED) is 0.638. The Morgan fingerprint density at radius 2 is 2.11 bits per heavy atom. The van der Waals surface area contributed by atoms with Gasteiger partial charge in [-0.05, 0) is 18.9 Å². The third kappa shape index (κ3) is 6.96. The van der Waals surface area contributed by atoms with E-state index in [4.69, 9.17) is 9.63 Å². The number of hydrogen-bond acceptors (Lipinski definition) is 4. The maximum atomic E-state index is 10.6. The first-order chi connectivity index (χ1) is 9.09. The first-order valence-electron chi connectivity index (χ1n) is 6.99. The molecule has 1 aromatic heterocycles. The van der Waals surface area contributed by atoms with Crippen molar-refractivity contribution in [3.63, 3.8) is 0 Å². The number of aromatic nitrogens is 1. The number of carboxylic acids is 1. The summed E-state index contributed by atoms with van der Waals surface area (Å²) in [6.45, 7) is 5.96. The summed E-state index contributed by atoms with van der Waals surface area (Å²) in [7, 11) is 0. The molecule has 1 heterocycles. The Labute approximate surface area is 114 Å². The van der Waals surface area contributed by atoms with E-state index in [1.807, 2.05) is 0 Å². The number of rotatable bonds is 10. The number of hydrogen-bond donors (Lipinski definition) is 2. The zero-order valence-electron chi connectivity index (χ0n) is 11.8. The SMILES string of the molecule is CC(C)CCCCCCNCc1cc(C(=O)O)no1. The predicted octanol–water partition coefficient (Wildman–Crippen LogP) is 3.07. The van der Waals surface area contributed by atoms with Gasteiger partial charge < -0.3 is 14.9 Å². The summed E-state index contributed by atoms with van der Waals surface area (Å²) < 4.78 is 4.90. The number of carboxylic acid groups (broad SMARTS) is 1. The number of carbonyl (C=O) groups is 1. The van der Waals surface area contributed by atoms with Crippen LogP contribution in [0.15, 0.2) is 10.6 Å². The fraction of sp³-hybridized carbons (Fsp3) is 0.714. The average molecular weight is 268 g/mol. The maximum absolute atomic E-state index is 10.6. The molecule has 5 nitrogen and oxygen atoms in total. The summed E-state index contributed by atoms with van der Waals surface area (Å²) in [6.07, 6.45) is 6.27. The molecule has 0 amide bonds. The van der Waals surface area contributed by atoms with Gasteiger partial charge in [0, 0.05) is 6.07 Å². The Balaban J connectivity index is 2.00. The van der Waals surface area contributed by atoms with E-state index >= 15 is 0 Å². The van der Waals surface area contributed by atoms with Crippen molar-refractivity contribution in [2.75, 3.05) is 6.54 Å². The van der Waals surface area contributed by atoms with Crippen LogP contribution in [-0.4, -0.2) is 22.8 Å². The van der Waals surface area contributed by atoms with Crippen LogP contribution in [-0.2, 0) is 6.54 Å². The molecule has 2 N–H and O–H groups in total. The molecular weight excluding hydrogens is 244 g/mol.